The van der Waals surface area contributed by atoms with Crippen molar-refractivity contribution in [3.8, 4) is 17.0 Å². The third kappa shape index (κ3) is 2.56. The molecule has 100 valence electrons. The normalized spacial score (nSPS) is 10.5. The zero-order chi connectivity index (χ0) is 14.0. The van der Waals surface area contributed by atoms with E-state index >= 15 is 0 Å². The summed E-state index contributed by atoms with van der Waals surface area (Å²) in [7, 11) is 1.54. The highest BCUT2D eigenvalue weighted by Crippen LogP contribution is 2.33. The Bertz CT molecular complexity index is 621. The van der Waals surface area contributed by atoms with Gasteiger partial charge >= 0.3 is 5.97 Å². The summed E-state index contributed by atoms with van der Waals surface area (Å²) >= 11 is 6.08. The molecule has 2 rings (SSSR count). The Kier molecular flexibility index (Phi) is 3.76. The molecular weight excluding hydrogens is 270 g/mol. The van der Waals surface area contributed by atoms with Crippen LogP contribution >= 0.6 is 11.6 Å². The van der Waals surface area contributed by atoms with Gasteiger partial charge in [0.15, 0.2) is 0 Å². The lowest BCUT2D eigenvalue weighted by Gasteiger charge is -2.09. The molecule has 0 bridgehead atoms. The van der Waals surface area contributed by atoms with Crippen LogP contribution in [0.2, 0.25) is 5.02 Å². The fourth-order valence-electron chi connectivity index (χ4n) is 1.79. The maximum absolute atomic E-state index is 10.8. The zero-order valence-electron chi connectivity index (χ0n) is 10.4. The number of carboxylic acid groups (broad SMARTS) is 1. The first kappa shape index (κ1) is 13.4. The Morgan fingerprint density at radius 1 is 1.47 bits per heavy atom. The lowest BCUT2D eigenvalue weighted by molar-refractivity contribution is 0.0652. The third-order valence-electron chi connectivity index (χ3n) is 2.76. The lowest BCUT2D eigenvalue weighted by Crippen LogP contribution is -1.93. The Balaban J connectivity index is 2.53. The van der Waals surface area contributed by atoms with Crippen molar-refractivity contribution in [2.75, 3.05) is 7.11 Å². The minimum atomic E-state index is -1.16. The van der Waals surface area contributed by atoms with Crippen molar-refractivity contribution in [1.29, 1.82) is 0 Å². The largest absolute Gasteiger partial charge is 0.495 e. The smallest absolute Gasteiger partial charge is 0.374 e. The minimum absolute atomic E-state index is 0.205. The number of aryl methyl sites for hydroxylation is 1. The van der Waals surface area contributed by atoms with E-state index in [9.17, 15) is 4.79 Å². The molecule has 0 atom stereocenters. The molecule has 0 radical (unpaired) electrons. The number of aromatic carboxylic acids is 1. The second-order valence-electron chi connectivity index (χ2n) is 3.88. The monoisotopic (exact) mass is 281 g/mol. The molecule has 1 aromatic heterocycles. The second kappa shape index (κ2) is 5.32. The summed E-state index contributed by atoms with van der Waals surface area (Å²) in [5.74, 6) is -0.787. The quantitative estimate of drug-likeness (QED) is 0.931. The van der Waals surface area contributed by atoms with Crippen LogP contribution in [0.15, 0.2) is 22.7 Å². The van der Waals surface area contributed by atoms with Crippen molar-refractivity contribution < 1.29 is 19.2 Å². The second-order valence-corrected chi connectivity index (χ2v) is 4.29. The van der Waals surface area contributed by atoms with Crippen molar-refractivity contribution in [2.45, 2.75) is 13.3 Å². The molecule has 1 aromatic carbocycles. The van der Waals surface area contributed by atoms with Crippen LogP contribution < -0.4 is 4.74 Å². The third-order valence-corrected chi connectivity index (χ3v) is 3.05. The molecule has 0 aliphatic rings. The number of ether oxygens (including phenoxy) is 1. The standard InChI is InChI=1S/C13H12ClNO4/c1-3-7-4-11(18-2)9(14)5-8(7)10-6-12(13(16)17)19-15-10/h4-6H,3H2,1-2H3,(H,16,17). The van der Waals surface area contributed by atoms with Crippen LogP contribution in [-0.4, -0.2) is 23.3 Å². The van der Waals surface area contributed by atoms with Crippen LogP contribution in [0.1, 0.15) is 23.0 Å². The van der Waals surface area contributed by atoms with Gasteiger partial charge in [0.25, 0.3) is 0 Å². The molecule has 1 heterocycles. The summed E-state index contributed by atoms with van der Waals surface area (Å²) in [6.45, 7) is 1.98. The summed E-state index contributed by atoms with van der Waals surface area (Å²) in [5.41, 5.74) is 2.13. The van der Waals surface area contributed by atoms with Gasteiger partial charge in [0, 0.05) is 11.6 Å². The van der Waals surface area contributed by atoms with E-state index in [1.165, 1.54) is 6.07 Å². The number of aromatic nitrogens is 1. The first-order valence-corrected chi connectivity index (χ1v) is 6.01. The number of carbonyl (C=O) groups is 1. The number of rotatable bonds is 4. The molecular formula is C13H12ClNO4. The topological polar surface area (TPSA) is 72.6 Å². The average Bonchev–Trinajstić information content (AvgIpc) is 2.88. The molecule has 0 spiro atoms. The zero-order valence-corrected chi connectivity index (χ0v) is 11.2. The van der Waals surface area contributed by atoms with Crippen molar-refractivity contribution in [3.63, 3.8) is 0 Å². The van der Waals surface area contributed by atoms with Crippen molar-refractivity contribution in [3.05, 3.63) is 34.5 Å². The van der Waals surface area contributed by atoms with E-state index in [2.05, 4.69) is 5.16 Å². The Morgan fingerprint density at radius 3 is 2.74 bits per heavy atom. The number of methoxy groups -OCH3 is 1. The van der Waals surface area contributed by atoms with Gasteiger partial charge in [0.1, 0.15) is 11.4 Å². The summed E-state index contributed by atoms with van der Waals surface area (Å²) in [5, 5.41) is 13.0. The van der Waals surface area contributed by atoms with E-state index < -0.39 is 5.97 Å². The van der Waals surface area contributed by atoms with Crippen molar-refractivity contribution in [1.82, 2.24) is 5.16 Å². The van der Waals surface area contributed by atoms with Gasteiger partial charge < -0.3 is 14.4 Å². The van der Waals surface area contributed by atoms with E-state index in [-0.39, 0.29) is 5.76 Å². The lowest BCUT2D eigenvalue weighted by atomic mass is 10.0. The molecule has 19 heavy (non-hydrogen) atoms. The molecule has 1 N–H and O–H groups in total. The number of hydrogen-bond donors (Lipinski definition) is 1. The molecule has 0 aliphatic carbocycles. The van der Waals surface area contributed by atoms with Crippen LogP contribution in [0.5, 0.6) is 5.75 Å². The molecule has 0 unspecified atom stereocenters. The summed E-state index contributed by atoms with van der Waals surface area (Å²) < 4.78 is 9.90. The van der Waals surface area contributed by atoms with Gasteiger partial charge in [-0.2, -0.15) is 0 Å². The molecule has 2 aromatic rings. The molecule has 6 heteroatoms. The van der Waals surface area contributed by atoms with Gasteiger partial charge in [-0.1, -0.05) is 23.7 Å². The van der Waals surface area contributed by atoms with Crippen LogP contribution in [-0.2, 0) is 6.42 Å². The number of nitrogens with zero attached hydrogens (tertiary/aromatic N) is 1. The number of carboxylic acids is 1. The van der Waals surface area contributed by atoms with Gasteiger partial charge in [0.2, 0.25) is 5.76 Å². The summed E-state index contributed by atoms with van der Waals surface area (Å²) in [6.07, 6.45) is 0.734. The Hall–Kier alpha value is -2.01. The van der Waals surface area contributed by atoms with E-state index in [1.807, 2.05) is 13.0 Å². The predicted molar refractivity (Wildman–Crippen MR) is 69.8 cm³/mol. The molecule has 5 nitrogen and oxygen atoms in total. The number of hydrogen-bond acceptors (Lipinski definition) is 4. The molecule has 0 fully saturated rings. The highest BCUT2D eigenvalue weighted by molar-refractivity contribution is 6.32. The van der Waals surface area contributed by atoms with Crippen molar-refractivity contribution >= 4 is 17.6 Å². The highest BCUT2D eigenvalue weighted by atomic mass is 35.5. The molecule has 0 aliphatic heterocycles. The van der Waals surface area contributed by atoms with Crippen LogP contribution in [0, 0.1) is 0 Å². The van der Waals surface area contributed by atoms with E-state index in [0.29, 0.717) is 16.5 Å². The molecule has 0 saturated heterocycles. The molecule has 0 amide bonds. The van der Waals surface area contributed by atoms with E-state index in [4.69, 9.17) is 26.0 Å². The average molecular weight is 282 g/mol. The Morgan fingerprint density at radius 2 is 2.21 bits per heavy atom. The van der Waals surface area contributed by atoms with Gasteiger partial charge in [0.05, 0.1) is 12.1 Å². The molecule has 0 saturated carbocycles. The highest BCUT2D eigenvalue weighted by Gasteiger charge is 2.16. The fourth-order valence-corrected chi connectivity index (χ4v) is 2.03. The van der Waals surface area contributed by atoms with Gasteiger partial charge in [-0.25, -0.2) is 4.79 Å². The van der Waals surface area contributed by atoms with Gasteiger partial charge in [-0.15, -0.1) is 0 Å². The first-order valence-electron chi connectivity index (χ1n) is 5.63. The van der Waals surface area contributed by atoms with Crippen LogP contribution in [0.25, 0.3) is 11.3 Å². The van der Waals surface area contributed by atoms with Crippen LogP contribution in [0.3, 0.4) is 0 Å². The van der Waals surface area contributed by atoms with Gasteiger partial charge in [-0.05, 0) is 24.1 Å². The summed E-state index contributed by atoms with van der Waals surface area (Å²) in [4.78, 5) is 10.8. The maximum atomic E-state index is 10.8. The van der Waals surface area contributed by atoms with E-state index in [0.717, 1.165) is 17.5 Å². The maximum Gasteiger partial charge on any atom is 0.374 e. The van der Waals surface area contributed by atoms with E-state index in [1.54, 1.807) is 13.2 Å². The predicted octanol–water partition coefficient (Wildman–Crippen LogP) is 3.26. The van der Waals surface area contributed by atoms with Crippen LogP contribution in [0.4, 0.5) is 0 Å². The minimum Gasteiger partial charge on any atom is -0.495 e. The Labute approximate surface area is 114 Å². The SMILES string of the molecule is CCc1cc(OC)c(Cl)cc1-c1cc(C(=O)O)on1. The van der Waals surface area contributed by atoms with Gasteiger partial charge in [-0.3, -0.25) is 0 Å². The summed E-state index contributed by atoms with van der Waals surface area (Å²) in [6, 6.07) is 4.88. The first-order chi connectivity index (χ1) is 9.06. The fraction of sp³-hybridized carbons (Fsp3) is 0.231. The van der Waals surface area contributed by atoms with Crippen molar-refractivity contribution in [2.24, 2.45) is 0 Å². The number of halogens is 1. The number of benzene rings is 1.